The fourth-order valence-corrected chi connectivity index (χ4v) is 3.41. The van der Waals surface area contributed by atoms with Crippen LogP contribution in [0.3, 0.4) is 0 Å². The highest BCUT2D eigenvalue weighted by Crippen LogP contribution is 2.37. The zero-order valence-corrected chi connectivity index (χ0v) is 16.5. The molecule has 0 unspecified atom stereocenters. The van der Waals surface area contributed by atoms with Crippen molar-refractivity contribution in [2.24, 2.45) is 0 Å². The maximum absolute atomic E-state index is 13.8. The summed E-state index contributed by atoms with van der Waals surface area (Å²) in [6.07, 6.45) is 2.64. The van der Waals surface area contributed by atoms with Crippen LogP contribution in [0.1, 0.15) is 39.7 Å². The first kappa shape index (κ1) is 20.5. The quantitative estimate of drug-likeness (QED) is 0.618. The lowest BCUT2D eigenvalue weighted by Gasteiger charge is -2.17. The Labute approximate surface area is 176 Å². The van der Waals surface area contributed by atoms with Gasteiger partial charge in [-0.05, 0) is 42.7 Å². The number of carbonyl (C=O) groups excluding carboxylic acids is 1. The van der Waals surface area contributed by atoms with E-state index in [0.717, 1.165) is 18.2 Å². The van der Waals surface area contributed by atoms with E-state index in [1.54, 1.807) is 7.85 Å². The number of aromatic carboxylic acids is 1. The molecule has 1 saturated carbocycles. The zero-order chi connectivity index (χ0) is 22.3. The van der Waals surface area contributed by atoms with Crippen LogP contribution in [0.25, 0.3) is 11.1 Å². The van der Waals surface area contributed by atoms with Gasteiger partial charge in [-0.1, -0.05) is 23.7 Å². The first-order valence-corrected chi connectivity index (χ1v) is 9.62. The van der Waals surface area contributed by atoms with Gasteiger partial charge in [-0.3, -0.25) is 9.59 Å². The lowest BCUT2D eigenvalue weighted by atomic mass is 9.95. The number of carboxylic acid groups (broad SMARTS) is 1. The van der Waals surface area contributed by atoms with Gasteiger partial charge >= 0.3 is 5.97 Å². The number of hydrogen-bond donors (Lipinski definition) is 2. The highest BCUT2D eigenvalue weighted by molar-refractivity contribution is 6.32. The molecule has 0 aliphatic heterocycles. The van der Waals surface area contributed by atoms with Crippen LogP contribution in [0, 0.1) is 11.6 Å². The number of nitrogens with zero attached hydrogens (tertiary/aromatic N) is 1. The third kappa shape index (κ3) is 3.99. The van der Waals surface area contributed by atoms with Crippen LogP contribution < -0.4 is 16.2 Å². The molecule has 0 saturated heterocycles. The van der Waals surface area contributed by atoms with E-state index in [1.165, 1.54) is 35.0 Å². The maximum atomic E-state index is 13.8. The average molecular weight is 422 g/mol. The molecule has 6 nitrogen and oxygen atoms in total. The summed E-state index contributed by atoms with van der Waals surface area (Å²) >= 11 is 0. The molecule has 156 valence electrons. The van der Waals surface area contributed by atoms with Crippen molar-refractivity contribution in [3.63, 3.8) is 0 Å². The molecule has 31 heavy (non-hydrogen) atoms. The van der Waals surface area contributed by atoms with Crippen LogP contribution in [0.2, 0.25) is 0 Å². The molecule has 1 fully saturated rings. The second kappa shape index (κ2) is 7.83. The van der Waals surface area contributed by atoms with Gasteiger partial charge in [-0.25, -0.2) is 13.6 Å². The van der Waals surface area contributed by atoms with E-state index in [4.69, 9.17) is 0 Å². The van der Waals surface area contributed by atoms with Gasteiger partial charge < -0.3 is 15.0 Å². The van der Waals surface area contributed by atoms with E-state index in [-0.39, 0.29) is 34.1 Å². The largest absolute Gasteiger partial charge is 0.477 e. The highest BCUT2D eigenvalue weighted by Gasteiger charge is 2.32. The van der Waals surface area contributed by atoms with Gasteiger partial charge in [-0.2, -0.15) is 0 Å². The number of hydrogen-bond acceptors (Lipinski definition) is 3. The van der Waals surface area contributed by atoms with Crippen LogP contribution in [0.15, 0.2) is 53.5 Å². The summed E-state index contributed by atoms with van der Waals surface area (Å²) in [4.78, 5) is 38.1. The number of amides is 1. The molecule has 0 atom stereocenters. The van der Waals surface area contributed by atoms with Gasteiger partial charge in [0, 0.05) is 17.9 Å². The number of halogens is 2. The lowest BCUT2D eigenvalue weighted by Crippen LogP contribution is -2.28. The summed E-state index contributed by atoms with van der Waals surface area (Å²) in [6.45, 7) is 0. The summed E-state index contributed by atoms with van der Waals surface area (Å²) in [5.74, 6) is -3.17. The Balaban J connectivity index is 1.87. The Morgan fingerprint density at radius 1 is 1.10 bits per heavy atom. The molecule has 1 aromatic heterocycles. The Morgan fingerprint density at radius 3 is 2.35 bits per heavy atom. The van der Waals surface area contributed by atoms with Gasteiger partial charge in [0.2, 0.25) is 5.43 Å². The minimum atomic E-state index is -1.32. The first-order valence-electron chi connectivity index (χ1n) is 9.62. The second-order valence-electron chi connectivity index (χ2n) is 7.46. The molecule has 1 aliphatic rings. The molecule has 0 radical (unpaired) electrons. The first-order chi connectivity index (χ1) is 14.8. The summed E-state index contributed by atoms with van der Waals surface area (Å²) in [6, 6.07) is 8.80. The molecular formula is C22H17BF2N2O4. The molecule has 0 spiro atoms. The SMILES string of the molecule is Bc1ccc(NC(=O)c2cn(C3CC3)c(C(=O)O)c(-c3ccc(F)cc3)c2=O)cc1F. The Kier molecular flexibility index (Phi) is 5.18. The number of carbonyl (C=O) groups is 2. The Hall–Kier alpha value is -3.75. The van der Waals surface area contributed by atoms with Crippen molar-refractivity contribution in [3.05, 3.63) is 81.8 Å². The van der Waals surface area contributed by atoms with Gasteiger partial charge in [0.25, 0.3) is 5.91 Å². The van der Waals surface area contributed by atoms with Gasteiger partial charge in [-0.15, -0.1) is 0 Å². The van der Waals surface area contributed by atoms with E-state index in [2.05, 4.69) is 5.32 Å². The average Bonchev–Trinajstić information content (AvgIpc) is 3.56. The van der Waals surface area contributed by atoms with Gasteiger partial charge in [0.1, 0.15) is 30.7 Å². The standard InChI is InChI=1S/C22H17BF2N2O4/c23-16-8-5-13(9-17(16)25)26-21(29)15-10-27(14-6-7-14)19(22(30)31)18(20(15)28)11-1-3-12(24)4-2-11/h1-5,8-10,14H,6-7,23H2,(H,26,29)(H,30,31). The van der Waals surface area contributed by atoms with Gasteiger partial charge in [0.15, 0.2) is 0 Å². The van der Waals surface area contributed by atoms with E-state index in [9.17, 15) is 28.3 Å². The van der Waals surface area contributed by atoms with Crippen LogP contribution in [-0.2, 0) is 0 Å². The minimum Gasteiger partial charge on any atom is -0.477 e. The van der Waals surface area contributed by atoms with Crippen molar-refractivity contribution in [2.75, 3.05) is 5.32 Å². The summed E-state index contributed by atoms with van der Waals surface area (Å²) in [7, 11) is 1.58. The smallest absolute Gasteiger partial charge is 0.353 e. The third-order valence-corrected chi connectivity index (χ3v) is 5.18. The zero-order valence-electron chi connectivity index (χ0n) is 16.5. The van der Waals surface area contributed by atoms with Crippen molar-refractivity contribution in [3.8, 4) is 11.1 Å². The Bertz CT molecular complexity index is 1270. The third-order valence-electron chi connectivity index (χ3n) is 5.18. The van der Waals surface area contributed by atoms with Crippen LogP contribution in [0.5, 0.6) is 0 Å². The molecule has 1 aliphatic carbocycles. The van der Waals surface area contributed by atoms with Crippen molar-refractivity contribution in [2.45, 2.75) is 18.9 Å². The minimum absolute atomic E-state index is 0.158. The fraction of sp³-hybridized carbons (Fsp3) is 0.136. The van der Waals surface area contributed by atoms with Crippen molar-refractivity contribution in [1.82, 2.24) is 4.57 Å². The van der Waals surface area contributed by atoms with E-state index < -0.39 is 28.9 Å². The molecule has 1 amide bonds. The molecule has 1 heterocycles. The maximum Gasteiger partial charge on any atom is 0.353 e. The normalized spacial score (nSPS) is 13.1. The number of aromatic nitrogens is 1. The molecule has 0 bridgehead atoms. The van der Waals surface area contributed by atoms with Crippen LogP contribution in [-0.4, -0.2) is 29.4 Å². The predicted molar refractivity (Wildman–Crippen MR) is 114 cm³/mol. The predicted octanol–water partition coefficient (Wildman–Crippen LogP) is 2.34. The molecule has 3 aromatic rings. The number of rotatable bonds is 5. The number of carboxylic acids is 1. The monoisotopic (exact) mass is 422 g/mol. The van der Waals surface area contributed by atoms with Crippen molar-refractivity contribution in [1.29, 1.82) is 0 Å². The topological polar surface area (TPSA) is 88.4 Å². The molecule has 2 aromatic carbocycles. The highest BCUT2D eigenvalue weighted by atomic mass is 19.1. The fourth-order valence-electron chi connectivity index (χ4n) is 3.41. The van der Waals surface area contributed by atoms with E-state index in [0.29, 0.717) is 18.3 Å². The summed E-state index contributed by atoms with van der Waals surface area (Å²) in [5, 5.41) is 12.3. The molecule has 4 rings (SSSR count). The number of benzene rings is 2. The van der Waals surface area contributed by atoms with Gasteiger partial charge in [0.05, 0.1) is 5.56 Å². The molecular weight excluding hydrogens is 405 g/mol. The summed E-state index contributed by atoms with van der Waals surface area (Å²) in [5.41, 5.74) is -0.772. The lowest BCUT2D eigenvalue weighted by molar-refractivity contribution is 0.0684. The van der Waals surface area contributed by atoms with Crippen molar-refractivity contribution < 1.29 is 23.5 Å². The van der Waals surface area contributed by atoms with E-state index >= 15 is 0 Å². The summed E-state index contributed by atoms with van der Waals surface area (Å²) < 4.78 is 28.6. The van der Waals surface area contributed by atoms with E-state index in [1.807, 2.05) is 0 Å². The number of pyridine rings is 1. The molecule has 9 heteroatoms. The van der Waals surface area contributed by atoms with Crippen LogP contribution in [0.4, 0.5) is 14.5 Å². The number of nitrogens with one attached hydrogen (secondary N) is 1. The number of anilines is 1. The second-order valence-corrected chi connectivity index (χ2v) is 7.46. The van der Waals surface area contributed by atoms with Crippen molar-refractivity contribution >= 4 is 30.9 Å². The molecule has 2 N–H and O–H groups in total. The Morgan fingerprint density at radius 2 is 1.77 bits per heavy atom. The van der Waals surface area contributed by atoms with Crippen LogP contribution >= 0.6 is 0 Å².